The first kappa shape index (κ1) is 19.3. The number of phenolic OH excluding ortho intramolecular Hbond substituents is 1. The highest BCUT2D eigenvalue weighted by molar-refractivity contribution is 7.86. The molecule has 0 bridgehead atoms. The average molecular weight is 402 g/mol. The lowest BCUT2D eigenvalue weighted by Crippen LogP contribution is -2.16. The van der Waals surface area contributed by atoms with Gasteiger partial charge in [-0.1, -0.05) is 24.3 Å². The van der Waals surface area contributed by atoms with Crippen LogP contribution in [0.2, 0.25) is 0 Å². The lowest BCUT2D eigenvalue weighted by atomic mass is 10.1. The van der Waals surface area contributed by atoms with Gasteiger partial charge in [0.25, 0.3) is 21.7 Å². The third-order valence-electron chi connectivity index (χ3n) is 4.10. The Hall–Kier alpha value is -3.50. The van der Waals surface area contributed by atoms with Crippen LogP contribution in [0.4, 0.5) is 11.4 Å². The highest BCUT2D eigenvalue weighted by Crippen LogP contribution is 2.37. The van der Waals surface area contributed by atoms with Gasteiger partial charge in [-0.05, 0) is 36.1 Å². The van der Waals surface area contributed by atoms with E-state index in [1.54, 1.807) is 13.0 Å². The van der Waals surface area contributed by atoms with Gasteiger partial charge in [-0.15, -0.1) is 0 Å². The summed E-state index contributed by atoms with van der Waals surface area (Å²) < 4.78 is 33.0. The zero-order valence-electron chi connectivity index (χ0n) is 14.4. The van der Waals surface area contributed by atoms with E-state index < -0.39 is 31.5 Å². The predicted molar refractivity (Wildman–Crippen MR) is 101 cm³/mol. The molecule has 10 heteroatoms. The van der Waals surface area contributed by atoms with E-state index >= 15 is 0 Å². The molecule has 3 aromatic carbocycles. The molecule has 0 heterocycles. The maximum absolute atomic E-state index is 12.7. The van der Waals surface area contributed by atoms with E-state index in [1.807, 2.05) is 0 Å². The average Bonchev–Trinajstić information content (AvgIpc) is 2.60. The number of carbonyl (C=O) groups is 1. The van der Waals surface area contributed by atoms with Crippen molar-refractivity contribution in [2.45, 2.75) is 11.8 Å². The summed E-state index contributed by atoms with van der Waals surface area (Å²) in [4.78, 5) is 22.6. The molecule has 1 amide bonds. The number of carbonyl (C=O) groups excluding carboxylic acids is 1. The van der Waals surface area contributed by atoms with Crippen molar-refractivity contribution in [3.8, 4) is 5.75 Å². The second-order valence-electron chi connectivity index (χ2n) is 6.02. The number of fused-ring (bicyclic) bond motifs is 1. The van der Waals surface area contributed by atoms with E-state index in [0.29, 0.717) is 10.9 Å². The van der Waals surface area contributed by atoms with Gasteiger partial charge in [0.1, 0.15) is 16.2 Å². The number of aryl methyl sites for hydroxylation is 1. The van der Waals surface area contributed by atoms with E-state index in [-0.39, 0.29) is 22.4 Å². The van der Waals surface area contributed by atoms with Crippen LogP contribution >= 0.6 is 0 Å². The molecule has 28 heavy (non-hydrogen) atoms. The second kappa shape index (κ2) is 6.91. The third kappa shape index (κ3) is 3.50. The number of benzene rings is 3. The van der Waals surface area contributed by atoms with E-state index in [1.165, 1.54) is 36.4 Å². The van der Waals surface area contributed by atoms with Crippen LogP contribution in [0.3, 0.4) is 0 Å². The number of aromatic hydroxyl groups is 1. The highest BCUT2D eigenvalue weighted by Gasteiger charge is 2.25. The van der Waals surface area contributed by atoms with Crippen LogP contribution in [0.25, 0.3) is 10.8 Å². The number of rotatable bonds is 4. The minimum atomic E-state index is -4.76. The van der Waals surface area contributed by atoms with Gasteiger partial charge in [-0.25, -0.2) is 0 Å². The van der Waals surface area contributed by atoms with E-state index in [9.17, 15) is 33.0 Å². The summed E-state index contributed by atoms with van der Waals surface area (Å²) in [7, 11) is -4.76. The Labute approximate surface area is 159 Å². The Bertz CT molecular complexity index is 1240. The molecule has 0 radical (unpaired) electrons. The van der Waals surface area contributed by atoms with Gasteiger partial charge < -0.3 is 10.4 Å². The molecule has 0 aliphatic heterocycles. The van der Waals surface area contributed by atoms with Crippen LogP contribution in [0.1, 0.15) is 15.9 Å². The van der Waals surface area contributed by atoms with Crippen molar-refractivity contribution < 1.29 is 27.8 Å². The summed E-state index contributed by atoms with van der Waals surface area (Å²) in [6, 6.07) is 10.7. The Morgan fingerprint density at radius 3 is 2.50 bits per heavy atom. The highest BCUT2D eigenvalue weighted by atomic mass is 32.2. The Kier molecular flexibility index (Phi) is 4.75. The summed E-state index contributed by atoms with van der Waals surface area (Å²) in [6.07, 6.45) is 0. The number of amides is 1. The van der Waals surface area contributed by atoms with Crippen LogP contribution < -0.4 is 5.32 Å². The quantitative estimate of drug-likeness (QED) is 0.345. The fourth-order valence-corrected chi connectivity index (χ4v) is 3.50. The monoisotopic (exact) mass is 402 g/mol. The predicted octanol–water partition coefficient (Wildman–Crippen LogP) is 3.26. The number of nitrogens with one attached hydrogen (secondary N) is 1. The van der Waals surface area contributed by atoms with Gasteiger partial charge in [0.2, 0.25) is 0 Å². The summed E-state index contributed by atoms with van der Waals surface area (Å²) in [6.45, 7) is 1.62. The van der Waals surface area contributed by atoms with Crippen molar-refractivity contribution in [1.82, 2.24) is 0 Å². The number of nitro groups is 1. The summed E-state index contributed by atoms with van der Waals surface area (Å²) in [5, 5.41) is 24.1. The molecule has 3 N–H and O–H groups in total. The zero-order chi connectivity index (χ0) is 20.6. The molecule has 0 atom stereocenters. The Morgan fingerprint density at radius 2 is 1.86 bits per heavy atom. The van der Waals surface area contributed by atoms with Crippen molar-refractivity contribution in [3.05, 3.63) is 69.8 Å². The summed E-state index contributed by atoms with van der Waals surface area (Å²) in [5.41, 5.74) is -0.581. The molecule has 0 saturated heterocycles. The van der Waals surface area contributed by atoms with Gasteiger partial charge in [0, 0.05) is 11.5 Å². The van der Waals surface area contributed by atoms with Gasteiger partial charge in [0.15, 0.2) is 0 Å². The minimum absolute atomic E-state index is 0.0271. The zero-order valence-corrected chi connectivity index (χ0v) is 15.2. The number of anilines is 1. The molecule has 0 fully saturated rings. The molecule has 0 spiro atoms. The lowest BCUT2D eigenvalue weighted by molar-refractivity contribution is -0.385. The van der Waals surface area contributed by atoms with E-state index in [4.69, 9.17) is 0 Å². The molecule has 0 aliphatic carbocycles. The van der Waals surface area contributed by atoms with Crippen LogP contribution in [0.15, 0.2) is 53.4 Å². The molecule has 0 aliphatic rings. The van der Waals surface area contributed by atoms with E-state index in [0.717, 1.165) is 6.07 Å². The fraction of sp³-hybridized carbons (Fsp3) is 0.0556. The molecule has 3 rings (SSSR count). The number of nitro benzene ring substituents is 1. The summed E-state index contributed by atoms with van der Waals surface area (Å²) >= 11 is 0. The topological polar surface area (TPSA) is 147 Å². The number of nitrogens with zero attached hydrogens (tertiary/aromatic N) is 1. The SMILES string of the molecule is Cc1ccc(C(=O)Nc2c(S(=O)(=O)O)ccc3cccc(O)c23)c([N+](=O)[O-])c1. The number of hydrogen-bond donors (Lipinski definition) is 3. The minimum Gasteiger partial charge on any atom is -0.507 e. The number of phenols is 1. The number of hydrogen-bond acceptors (Lipinski definition) is 6. The normalized spacial score (nSPS) is 11.4. The molecule has 0 unspecified atom stereocenters. The van der Waals surface area contributed by atoms with Crippen molar-refractivity contribution >= 4 is 38.2 Å². The molecule has 144 valence electrons. The lowest BCUT2D eigenvalue weighted by Gasteiger charge is -2.14. The first-order valence-electron chi connectivity index (χ1n) is 7.88. The summed E-state index contributed by atoms with van der Waals surface area (Å²) in [5.74, 6) is -1.30. The van der Waals surface area contributed by atoms with Gasteiger partial charge >= 0.3 is 0 Å². The molecule has 0 aromatic heterocycles. The maximum atomic E-state index is 12.7. The third-order valence-corrected chi connectivity index (χ3v) is 4.99. The Balaban J connectivity index is 2.22. The largest absolute Gasteiger partial charge is 0.507 e. The van der Waals surface area contributed by atoms with Crippen molar-refractivity contribution in [1.29, 1.82) is 0 Å². The first-order chi connectivity index (χ1) is 13.1. The smallest absolute Gasteiger partial charge is 0.296 e. The molecular weight excluding hydrogens is 388 g/mol. The van der Waals surface area contributed by atoms with Crippen LogP contribution in [0.5, 0.6) is 5.75 Å². The van der Waals surface area contributed by atoms with Crippen molar-refractivity contribution in [3.63, 3.8) is 0 Å². The van der Waals surface area contributed by atoms with Crippen LogP contribution in [-0.4, -0.2) is 28.9 Å². The van der Waals surface area contributed by atoms with E-state index in [2.05, 4.69) is 5.32 Å². The van der Waals surface area contributed by atoms with Gasteiger partial charge in [-0.2, -0.15) is 8.42 Å². The van der Waals surface area contributed by atoms with Crippen LogP contribution in [-0.2, 0) is 10.1 Å². The maximum Gasteiger partial charge on any atom is 0.296 e. The van der Waals surface area contributed by atoms with Crippen molar-refractivity contribution in [2.24, 2.45) is 0 Å². The van der Waals surface area contributed by atoms with Gasteiger partial charge in [0.05, 0.1) is 10.6 Å². The molecule has 0 saturated carbocycles. The second-order valence-corrected chi connectivity index (χ2v) is 7.41. The van der Waals surface area contributed by atoms with Crippen molar-refractivity contribution in [2.75, 3.05) is 5.32 Å². The molecule has 3 aromatic rings. The Morgan fingerprint density at radius 1 is 1.14 bits per heavy atom. The molecule has 9 nitrogen and oxygen atoms in total. The van der Waals surface area contributed by atoms with Gasteiger partial charge in [-0.3, -0.25) is 19.5 Å². The fourth-order valence-electron chi connectivity index (χ4n) is 2.85. The molecular formula is C18H14N2O7S. The standard InChI is InChI=1S/C18H14N2O7S/c1-10-5-7-12(13(9-10)20(23)24)18(22)19-17-15(28(25,26)27)8-6-11-3-2-4-14(21)16(11)17/h2-9,21H,1H3,(H,19,22)(H,25,26,27). The first-order valence-corrected chi connectivity index (χ1v) is 9.32. The van der Waals surface area contributed by atoms with Crippen LogP contribution in [0, 0.1) is 17.0 Å².